The van der Waals surface area contributed by atoms with Crippen LogP contribution in [-0.2, 0) is 85.7 Å². The van der Waals surface area contributed by atoms with Gasteiger partial charge in [0.1, 0.15) is 37.6 Å². The lowest BCUT2D eigenvalue weighted by Crippen LogP contribution is -2.63. The van der Waals surface area contributed by atoms with E-state index in [1.54, 1.807) is 0 Å². The Kier molecular flexibility index (Phi) is 14.5. The summed E-state index contributed by atoms with van der Waals surface area (Å²) in [7, 11) is 0. The minimum Gasteiger partial charge on any atom is -0.463 e. The number of carbonyl (C=O) groups excluding carboxylic acids is 8. The van der Waals surface area contributed by atoms with Gasteiger partial charge in [-0.3, -0.25) is 38.4 Å². The van der Waals surface area contributed by atoms with Gasteiger partial charge < -0.3 is 47.4 Å². The first-order chi connectivity index (χ1) is 21.9. The summed E-state index contributed by atoms with van der Waals surface area (Å²) < 4.78 is 55.0. The molecule has 2 saturated heterocycles. The summed E-state index contributed by atoms with van der Waals surface area (Å²) in [6, 6.07) is 0. The highest BCUT2D eigenvalue weighted by Gasteiger charge is 2.57. The van der Waals surface area contributed by atoms with Gasteiger partial charge in [-0.05, 0) is 0 Å². The highest BCUT2D eigenvalue weighted by Crippen LogP contribution is 2.37. The molecule has 18 nitrogen and oxygen atoms in total. The third-order valence-electron chi connectivity index (χ3n) is 6.64. The van der Waals surface area contributed by atoms with Crippen molar-refractivity contribution in [1.82, 2.24) is 0 Å². The third-order valence-corrected chi connectivity index (χ3v) is 6.64. The first-order valence-corrected chi connectivity index (χ1v) is 14.5. The topological polar surface area (TPSA) is 229 Å². The number of esters is 8. The zero-order valence-electron chi connectivity index (χ0n) is 27.2. The lowest BCUT2D eigenvalue weighted by molar-refractivity contribution is -0.257. The summed E-state index contributed by atoms with van der Waals surface area (Å²) in [6.45, 7) is 7.62. The predicted molar refractivity (Wildman–Crippen MR) is 149 cm³/mol. The van der Waals surface area contributed by atoms with Crippen LogP contribution in [0, 0.1) is 0 Å². The molecule has 0 N–H and O–H groups in total. The molecular formula is C29H40O18. The zero-order chi connectivity index (χ0) is 35.6. The van der Waals surface area contributed by atoms with Gasteiger partial charge in [-0.1, -0.05) is 0 Å². The van der Waals surface area contributed by atoms with Crippen LogP contribution in [0.4, 0.5) is 0 Å². The Morgan fingerprint density at radius 2 is 0.872 bits per heavy atom. The molecule has 0 amide bonds. The Morgan fingerprint density at radius 1 is 0.468 bits per heavy atom. The second-order valence-corrected chi connectivity index (χ2v) is 10.7. The Balaban J connectivity index is 2.64. The lowest BCUT2D eigenvalue weighted by Gasteiger charge is -2.45. The molecule has 2 heterocycles. The second-order valence-electron chi connectivity index (χ2n) is 10.7. The van der Waals surface area contributed by atoms with E-state index < -0.39 is 122 Å². The van der Waals surface area contributed by atoms with Gasteiger partial charge in [0.05, 0.1) is 0 Å². The van der Waals surface area contributed by atoms with E-state index in [1.165, 1.54) is 0 Å². The SMILES string of the molecule is CC(=O)OC[C@@H](OC(C)=O)[C@H]1O[C@@H](C[C@@H]2O[C@H](COC(C)=O)[C@@H](OC(C)=O)[C@H](OC(C)=O)[C@H]2OC(C)=O)[C@H](OC(C)=O)[C@H]1OC(C)=O. The molecule has 0 radical (unpaired) electrons. The van der Waals surface area contributed by atoms with Gasteiger partial charge in [0, 0.05) is 61.8 Å². The van der Waals surface area contributed by atoms with Crippen molar-refractivity contribution in [3.8, 4) is 0 Å². The van der Waals surface area contributed by atoms with Crippen molar-refractivity contribution in [2.45, 2.75) is 123 Å². The highest BCUT2D eigenvalue weighted by atomic mass is 16.7. The van der Waals surface area contributed by atoms with Gasteiger partial charge in [-0.2, -0.15) is 0 Å². The monoisotopic (exact) mass is 676 g/mol. The molecule has 0 aromatic carbocycles. The van der Waals surface area contributed by atoms with E-state index >= 15 is 0 Å². The van der Waals surface area contributed by atoms with Crippen molar-refractivity contribution in [2.24, 2.45) is 0 Å². The van der Waals surface area contributed by atoms with E-state index in [0.717, 1.165) is 55.4 Å². The van der Waals surface area contributed by atoms with Crippen LogP contribution >= 0.6 is 0 Å². The van der Waals surface area contributed by atoms with E-state index in [9.17, 15) is 38.4 Å². The number of carbonyl (C=O) groups is 8. The normalized spacial score (nSPS) is 28.9. The Bertz CT molecular complexity index is 1200. The van der Waals surface area contributed by atoms with Gasteiger partial charge in [0.2, 0.25) is 0 Å². The molecule has 0 saturated carbocycles. The Labute approximate surface area is 269 Å². The Morgan fingerprint density at radius 3 is 1.32 bits per heavy atom. The molecule has 2 aliphatic heterocycles. The fourth-order valence-corrected chi connectivity index (χ4v) is 5.25. The number of rotatable bonds is 13. The summed E-state index contributed by atoms with van der Waals surface area (Å²) in [5, 5.41) is 0. The van der Waals surface area contributed by atoms with Crippen molar-refractivity contribution in [2.75, 3.05) is 13.2 Å². The lowest BCUT2D eigenvalue weighted by atomic mass is 9.90. The fourth-order valence-electron chi connectivity index (χ4n) is 5.25. The van der Waals surface area contributed by atoms with Crippen molar-refractivity contribution < 1.29 is 85.7 Å². The van der Waals surface area contributed by atoms with Gasteiger partial charge in [0.15, 0.2) is 36.6 Å². The van der Waals surface area contributed by atoms with Crippen LogP contribution in [0.3, 0.4) is 0 Å². The average Bonchev–Trinajstić information content (AvgIpc) is 3.22. The molecule has 0 unspecified atom stereocenters. The molecule has 0 aromatic rings. The molecule has 2 aliphatic rings. The van der Waals surface area contributed by atoms with Gasteiger partial charge in [-0.15, -0.1) is 0 Å². The maximum absolute atomic E-state index is 12.3. The van der Waals surface area contributed by atoms with Crippen LogP contribution < -0.4 is 0 Å². The minimum atomic E-state index is -1.49. The van der Waals surface area contributed by atoms with Gasteiger partial charge >= 0.3 is 47.8 Å². The van der Waals surface area contributed by atoms with Crippen LogP contribution in [0.1, 0.15) is 61.8 Å². The second kappa shape index (κ2) is 17.6. The molecule has 10 atom stereocenters. The summed E-state index contributed by atoms with van der Waals surface area (Å²) >= 11 is 0. The van der Waals surface area contributed by atoms with E-state index in [-0.39, 0.29) is 6.42 Å². The van der Waals surface area contributed by atoms with Crippen molar-refractivity contribution >= 4 is 47.8 Å². The Hall–Kier alpha value is -4.32. The van der Waals surface area contributed by atoms with Crippen LogP contribution in [0.2, 0.25) is 0 Å². The summed E-state index contributed by atoms with van der Waals surface area (Å²) in [5.41, 5.74) is 0. The first-order valence-electron chi connectivity index (χ1n) is 14.5. The molecule has 0 aromatic heterocycles. The largest absolute Gasteiger partial charge is 0.463 e. The smallest absolute Gasteiger partial charge is 0.303 e. The summed E-state index contributed by atoms with van der Waals surface area (Å²) in [5.74, 6) is -6.44. The molecule has 264 valence electrons. The van der Waals surface area contributed by atoms with Crippen LogP contribution in [0.15, 0.2) is 0 Å². The van der Waals surface area contributed by atoms with E-state index in [4.69, 9.17) is 47.4 Å². The van der Waals surface area contributed by atoms with Gasteiger partial charge in [0.25, 0.3) is 0 Å². The molecular weight excluding hydrogens is 636 g/mol. The third kappa shape index (κ3) is 12.1. The molecule has 2 rings (SSSR count). The molecule has 0 spiro atoms. The maximum atomic E-state index is 12.3. The quantitative estimate of drug-likeness (QED) is 0.179. The number of hydrogen-bond donors (Lipinski definition) is 0. The number of hydrogen-bond acceptors (Lipinski definition) is 18. The van der Waals surface area contributed by atoms with E-state index in [1.807, 2.05) is 0 Å². The summed E-state index contributed by atoms with van der Waals surface area (Å²) in [6.07, 6.45) is -14.2. The highest BCUT2D eigenvalue weighted by molar-refractivity contribution is 5.70. The standard InChI is InChI=1S/C29H40O18/c1-12(30)38-10-22(40-14(3)32)27-29(45-19(8)37)25(42-16(5)34)21(47-27)9-20-24(41-15(4)33)28(44-18(7)36)26(43-17(6)35)23(46-20)11-39-13(2)31/h20-29H,9-11H2,1-8H3/t20-,21-,22+,23+,24-,25-,26+,27+,28+,29+/m0/s1. The molecule has 47 heavy (non-hydrogen) atoms. The van der Waals surface area contributed by atoms with E-state index in [2.05, 4.69) is 0 Å². The summed E-state index contributed by atoms with van der Waals surface area (Å²) in [4.78, 5) is 96.1. The van der Waals surface area contributed by atoms with Crippen LogP contribution in [0.5, 0.6) is 0 Å². The van der Waals surface area contributed by atoms with Crippen LogP contribution in [0.25, 0.3) is 0 Å². The molecule has 0 aliphatic carbocycles. The zero-order valence-corrected chi connectivity index (χ0v) is 27.2. The maximum Gasteiger partial charge on any atom is 0.303 e. The van der Waals surface area contributed by atoms with Crippen molar-refractivity contribution in [3.63, 3.8) is 0 Å². The minimum absolute atomic E-state index is 0.356. The van der Waals surface area contributed by atoms with E-state index in [0.29, 0.717) is 0 Å². The van der Waals surface area contributed by atoms with Crippen molar-refractivity contribution in [1.29, 1.82) is 0 Å². The molecule has 18 heteroatoms. The molecule has 0 bridgehead atoms. The fraction of sp³-hybridized carbons (Fsp3) is 0.724. The number of ether oxygens (including phenoxy) is 10. The van der Waals surface area contributed by atoms with Crippen LogP contribution in [-0.4, -0.2) is 122 Å². The average molecular weight is 677 g/mol. The predicted octanol–water partition coefficient (Wildman–Crippen LogP) is -0.372. The first kappa shape index (κ1) is 38.9. The van der Waals surface area contributed by atoms with Crippen molar-refractivity contribution in [3.05, 3.63) is 0 Å². The molecule has 2 fully saturated rings. The van der Waals surface area contributed by atoms with Gasteiger partial charge in [-0.25, -0.2) is 0 Å².